The van der Waals surface area contributed by atoms with Crippen molar-refractivity contribution in [3.05, 3.63) is 52.5 Å². The Morgan fingerprint density at radius 3 is 2.43 bits per heavy atom. The number of methoxy groups -OCH3 is 1. The highest BCUT2D eigenvalue weighted by atomic mass is 35.5. The van der Waals surface area contributed by atoms with E-state index >= 15 is 0 Å². The number of anilines is 2. The van der Waals surface area contributed by atoms with Crippen molar-refractivity contribution < 1.29 is 14.3 Å². The average molecular weight is 432 g/mol. The van der Waals surface area contributed by atoms with Crippen LogP contribution in [0.15, 0.2) is 36.4 Å². The second kappa shape index (κ2) is 11.0. The molecule has 0 aliphatic rings. The molecule has 0 radical (unpaired) electrons. The van der Waals surface area contributed by atoms with Gasteiger partial charge in [0.25, 0.3) is 0 Å². The summed E-state index contributed by atoms with van der Waals surface area (Å²) in [7, 11) is 1.53. The Morgan fingerprint density at radius 1 is 1.10 bits per heavy atom. The molecule has 2 aromatic carbocycles. The third kappa shape index (κ3) is 6.21. The molecule has 2 rings (SSSR count). The molecule has 162 valence electrons. The molecule has 0 saturated heterocycles. The lowest BCUT2D eigenvalue weighted by molar-refractivity contribution is -0.123. The zero-order chi connectivity index (χ0) is 22.3. The van der Waals surface area contributed by atoms with Gasteiger partial charge in [-0.25, -0.2) is 0 Å². The summed E-state index contributed by atoms with van der Waals surface area (Å²) in [6, 6.07) is 10.6. The first-order valence-corrected chi connectivity index (χ1v) is 10.4. The van der Waals surface area contributed by atoms with Gasteiger partial charge < -0.3 is 15.4 Å². The lowest BCUT2D eigenvalue weighted by Gasteiger charge is -2.27. The van der Waals surface area contributed by atoms with Crippen LogP contribution >= 0.6 is 11.6 Å². The fourth-order valence-electron chi connectivity index (χ4n) is 3.12. The highest BCUT2D eigenvalue weighted by Gasteiger charge is 2.24. The largest absolute Gasteiger partial charge is 0.495 e. The van der Waals surface area contributed by atoms with Crippen molar-refractivity contribution in [3.63, 3.8) is 0 Å². The minimum atomic E-state index is -0.506. The Labute approximate surface area is 183 Å². The highest BCUT2D eigenvalue weighted by molar-refractivity contribution is 6.31. The number of ether oxygens (including phenoxy) is 1. The third-order valence-electron chi connectivity index (χ3n) is 4.94. The molecule has 1 unspecified atom stereocenters. The fourth-order valence-corrected chi connectivity index (χ4v) is 3.27. The summed E-state index contributed by atoms with van der Waals surface area (Å²) in [6.07, 6.45) is 0.818. The summed E-state index contributed by atoms with van der Waals surface area (Å²) < 4.78 is 5.34. The number of rotatable bonds is 9. The van der Waals surface area contributed by atoms with Gasteiger partial charge in [0, 0.05) is 16.8 Å². The first-order chi connectivity index (χ1) is 14.3. The molecule has 0 aliphatic heterocycles. The molecular weight excluding hydrogens is 402 g/mol. The third-order valence-corrected chi connectivity index (χ3v) is 5.35. The van der Waals surface area contributed by atoms with Crippen LogP contribution in [0.5, 0.6) is 5.75 Å². The van der Waals surface area contributed by atoms with Crippen LogP contribution in [0.25, 0.3) is 0 Å². The highest BCUT2D eigenvalue weighted by Crippen LogP contribution is 2.31. The normalized spacial score (nSPS) is 11.8. The van der Waals surface area contributed by atoms with E-state index < -0.39 is 6.04 Å². The van der Waals surface area contributed by atoms with E-state index in [0.29, 0.717) is 23.0 Å². The minimum Gasteiger partial charge on any atom is -0.495 e. The molecule has 30 heavy (non-hydrogen) atoms. The Hall–Kier alpha value is -2.57. The standard InChI is InChI=1S/C23H30ClN3O3/c1-6-11-27(14-22(28)25-19-10-8-7-9-15(19)2)17(4)23(29)26-20-12-16(3)18(24)13-21(20)30-5/h7-10,12-13,17H,6,11,14H2,1-5H3,(H,25,28)(H,26,29). The summed E-state index contributed by atoms with van der Waals surface area (Å²) in [4.78, 5) is 27.4. The number of para-hydroxylation sites is 1. The summed E-state index contributed by atoms with van der Waals surface area (Å²) >= 11 is 6.14. The first-order valence-electron chi connectivity index (χ1n) is 10.0. The van der Waals surface area contributed by atoms with Crippen molar-refractivity contribution >= 4 is 34.8 Å². The molecule has 2 amide bonds. The number of carbonyl (C=O) groups is 2. The zero-order valence-corrected chi connectivity index (χ0v) is 19.0. The molecule has 0 heterocycles. The van der Waals surface area contributed by atoms with E-state index in [1.54, 1.807) is 19.1 Å². The van der Waals surface area contributed by atoms with Crippen molar-refractivity contribution in [2.45, 2.75) is 40.2 Å². The SMILES string of the molecule is CCCN(CC(=O)Nc1ccccc1C)C(C)C(=O)Nc1cc(C)c(Cl)cc1OC. The number of aryl methyl sites for hydroxylation is 2. The van der Waals surface area contributed by atoms with E-state index in [2.05, 4.69) is 10.6 Å². The predicted molar refractivity (Wildman–Crippen MR) is 123 cm³/mol. The van der Waals surface area contributed by atoms with E-state index in [-0.39, 0.29) is 18.4 Å². The average Bonchev–Trinajstić information content (AvgIpc) is 2.71. The number of nitrogens with one attached hydrogen (secondary N) is 2. The van der Waals surface area contributed by atoms with Gasteiger partial charge in [0.05, 0.1) is 25.4 Å². The van der Waals surface area contributed by atoms with Crippen LogP contribution in [0.4, 0.5) is 11.4 Å². The molecule has 0 fully saturated rings. The Morgan fingerprint density at radius 2 is 1.80 bits per heavy atom. The second-order valence-corrected chi connectivity index (χ2v) is 7.71. The van der Waals surface area contributed by atoms with Gasteiger partial charge in [-0.05, 0) is 57.0 Å². The van der Waals surface area contributed by atoms with E-state index in [9.17, 15) is 9.59 Å². The molecule has 2 aromatic rings. The molecule has 0 aliphatic carbocycles. The quantitative estimate of drug-likeness (QED) is 0.606. The van der Waals surface area contributed by atoms with Crippen molar-refractivity contribution in [1.29, 1.82) is 0 Å². The van der Waals surface area contributed by atoms with Crippen molar-refractivity contribution in [2.75, 3.05) is 30.8 Å². The number of carbonyl (C=O) groups excluding carboxylic acids is 2. The predicted octanol–water partition coefficient (Wildman–Crippen LogP) is 4.64. The number of halogens is 1. The van der Waals surface area contributed by atoms with Gasteiger partial charge >= 0.3 is 0 Å². The molecule has 0 aromatic heterocycles. The topological polar surface area (TPSA) is 70.7 Å². The van der Waals surface area contributed by atoms with Crippen LogP contribution < -0.4 is 15.4 Å². The maximum atomic E-state index is 12.9. The molecule has 2 N–H and O–H groups in total. The maximum absolute atomic E-state index is 12.9. The van der Waals surface area contributed by atoms with Gasteiger partial charge in [-0.3, -0.25) is 14.5 Å². The molecule has 0 saturated carbocycles. The fraction of sp³-hybridized carbons (Fsp3) is 0.391. The number of nitrogens with zero attached hydrogens (tertiary/aromatic N) is 1. The maximum Gasteiger partial charge on any atom is 0.241 e. The lowest BCUT2D eigenvalue weighted by Crippen LogP contribution is -2.46. The summed E-state index contributed by atoms with van der Waals surface area (Å²) in [5.41, 5.74) is 3.15. The minimum absolute atomic E-state index is 0.119. The van der Waals surface area contributed by atoms with Crippen LogP contribution in [0.3, 0.4) is 0 Å². The molecule has 0 spiro atoms. The van der Waals surface area contributed by atoms with Gasteiger partial charge in [0.2, 0.25) is 11.8 Å². The first kappa shape index (κ1) is 23.7. The van der Waals surface area contributed by atoms with E-state index in [1.165, 1.54) is 7.11 Å². The van der Waals surface area contributed by atoms with Gasteiger partial charge in [-0.1, -0.05) is 36.7 Å². The van der Waals surface area contributed by atoms with Crippen molar-refractivity contribution in [1.82, 2.24) is 4.90 Å². The van der Waals surface area contributed by atoms with Gasteiger partial charge in [-0.2, -0.15) is 0 Å². The Balaban J connectivity index is 2.09. The van der Waals surface area contributed by atoms with Gasteiger partial charge in [-0.15, -0.1) is 0 Å². The van der Waals surface area contributed by atoms with E-state index in [0.717, 1.165) is 23.2 Å². The summed E-state index contributed by atoms with van der Waals surface area (Å²) in [6.45, 7) is 8.35. The molecule has 6 nitrogen and oxygen atoms in total. The van der Waals surface area contributed by atoms with Gasteiger partial charge in [0.15, 0.2) is 0 Å². The van der Waals surface area contributed by atoms with Crippen LogP contribution in [0, 0.1) is 13.8 Å². The summed E-state index contributed by atoms with van der Waals surface area (Å²) in [5, 5.41) is 6.40. The molecule has 7 heteroatoms. The van der Waals surface area contributed by atoms with Crippen LogP contribution in [0.2, 0.25) is 5.02 Å². The van der Waals surface area contributed by atoms with Crippen molar-refractivity contribution in [2.24, 2.45) is 0 Å². The lowest BCUT2D eigenvalue weighted by atomic mass is 10.1. The zero-order valence-electron chi connectivity index (χ0n) is 18.2. The number of benzene rings is 2. The van der Waals surface area contributed by atoms with Crippen molar-refractivity contribution in [3.8, 4) is 5.75 Å². The smallest absolute Gasteiger partial charge is 0.241 e. The molecular formula is C23H30ClN3O3. The Bertz CT molecular complexity index is 901. The van der Waals surface area contributed by atoms with E-state index in [4.69, 9.17) is 16.3 Å². The van der Waals surface area contributed by atoms with Gasteiger partial charge in [0.1, 0.15) is 5.75 Å². The Kier molecular flexibility index (Phi) is 8.69. The van der Waals surface area contributed by atoms with Crippen LogP contribution in [-0.2, 0) is 9.59 Å². The van der Waals surface area contributed by atoms with Crippen LogP contribution in [0.1, 0.15) is 31.4 Å². The van der Waals surface area contributed by atoms with Crippen LogP contribution in [-0.4, -0.2) is 43.0 Å². The second-order valence-electron chi connectivity index (χ2n) is 7.30. The summed E-state index contributed by atoms with van der Waals surface area (Å²) in [5.74, 6) is 0.120. The molecule has 1 atom stereocenters. The monoisotopic (exact) mass is 431 g/mol. The van der Waals surface area contributed by atoms with E-state index in [1.807, 2.05) is 49.9 Å². The number of hydrogen-bond acceptors (Lipinski definition) is 4. The number of amides is 2. The molecule has 0 bridgehead atoms. The number of hydrogen-bond donors (Lipinski definition) is 2.